The van der Waals surface area contributed by atoms with E-state index >= 15 is 0 Å². The van der Waals surface area contributed by atoms with Crippen molar-refractivity contribution in [2.75, 3.05) is 0 Å². The average molecular weight is 524 g/mol. The zero-order valence-corrected chi connectivity index (χ0v) is 24.4. The number of nitrogens with zero attached hydrogens (tertiary/aromatic N) is 1. The maximum absolute atomic E-state index is 14.4. The highest BCUT2D eigenvalue weighted by Crippen LogP contribution is 2.28. The highest BCUT2D eigenvalue weighted by molar-refractivity contribution is 5.92. The van der Waals surface area contributed by atoms with Gasteiger partial charge in [0.1, 0.15) is 17.7 Å². The zero-order chi connectivity index (χ0) is 28.7. The first-order valence-electron chi connectivity index (χ1n) is 13.4. The second-order valence-corrected chi connectivity index (χ2v) is 11.9. The molecular weight excluding hydrogens is 478 g/mol. The maximum Gasteiger partial charge on any atom is 0.408 e. The molecule has 0 saturated carbocycles. The Morgan fingerprint density at radius 2 is 1.50 bits per heavy atom. The van der Waals surface area contributed by atoms with E-state index in [2.05, 4.69) is 10.6 Å². The number of carbonyl (C=O) groups excluding carboxylic acids is 3. The lowest BCUT2D eigenvalue weighted by Crippen LogP contribution is -2.57. The predicted octanol–water partition coefficient (Wildman–Crippen LogP) is 5.71. The molecule has 0 spiro atoms. The van der Waals surface area contributed by atoms with Gasteiger partial charge in [-0.1, -0.05) is 67.1 Å². The van der Waals surface area contributed by atoms with Crippen molar-refractivity contribution in [2.45, 2.75) is 104 Å². The normalized spacial score (nSPS) is 14.1. The molecule has 7 nitrogen and oxygen atoms in total. The Kier molecular flexibility index (Phi) is 10.5. The number of aryl methyl sites for hydroxylation is 1. The summed E-state index contributed by atoms with van der Waals surface area (Å²) in [7, 11) is 0. The molecule has 0 aromatic heterocycles. The molecule has 2 rings (SSSR count). The van der Waals surface area contributed by atoms with Crippen LogP contribution in [0.2, 0.25) is 0 Å². The first-order chi connectivity index (χ1) is 17.6. The van der Waals surface area contributed by atoms with Crippen molar-refractivity contribution in [3.05, 3.63) is 71.3 Å². The van der Waals surface area contributed by atoms with Gasteiger partial charge < -0.3 is 20.3 Å². The van der Waals surface area contributed by atoms with E-state index in [0.717, 1.165) is 11.1 Å². The van der Waals surface area contributed by atoms with Gasteiger partial charge >= 0.3 is 6.09 Å². The number of carbonyl (C=O) groups is 3. The van der Waals surface area contributed by atoms with E-state index < -0.39 is 29.3 Å². The molecule has 0 bridgehead atoms. The second kappa shape index (κ2) is 12.9. The number of benzene rings is 2. The van der Waals surface area contributed by atoms with Crippen LogP contribution in [0.25, 0.3) is 0 Å². The van der Waals surface area contributed by atoms with Crippen LogP contribution in [-0.2, 0) is 20.7 Å². The Bertz CT molecular complexity index is 1070. The van der Waals surface area contributed by atoms with Crippen molar-refractivity contribution < 1.29 is 19.1 Å². The lowest BCUT2D eigenvalue weighted by atomic mass is 9.96. The van der Waals surface area contributed by atoms with Crippen molar-refractivity contribution in [3.63, 3.8) is 0 Å². The highest BCUT2D eigenvalue weighted by Gasteiger charge is 2.39. The van der Waals surface area contributed by atoms with E-state index in [4.69, 9.17) is 4.74 Å². The molecule has 0 heterocycles. The third kappa shape index (κ3) is 9.51. The standard InChI is InChI=1S/C31H45N3O4/c1-10-22(3)34(26(27(35)33-30(4,5)6)24-18-16-21(2)17-19-24)28(36)25(20-23-14-12-11-13-15-23)32-29(37)38-31(7,8)9/h11-19,22,25-26H,10,20H2,1-9H3,(H,32,37)(H,33,35). The Morgan fingerprint density at radius 1 is 0.921 bits per heavy atom. The minimum atomic E-state index is -0.934. The van der Waals surface area contributed by atoms with Crippen LogP contribution in [0.15, 0.2) is 54.6 Å². The van der Waals surface area contributed by atoms with Crippen molar-refractivity contribution in [1.82, 2.24) is 15.5 Å². The molecule has 0 saturated heterocycles. The number of alkyl carbamates (subject to hydrolysis) is 1. The quantitative estimate of drug-likeness (QED) is 0.440. The summed E-state index contributed by atoms with van der Waals surface area (Å²) in [5.41, 5.74) is 1.43. The van der Waals surface area contributed by atoms with Crippen LogP contribution >= 0.6 is 0 Å². The van der Waals surface area contributed by atoms with Gasteiger partial charge in [-0.2, -0.15) is 0 Å². The molecule has 0 radical (unpaired) electrons. The first kappa shape index (κ1) is 30.9. The van der Waals surface area contributed by atoms with Crippen LogP contribution < -0.4 is 10.6 Å². The smallest absolute Gasteiger partial charge is 0.408 e. The molecule has 38 heavy (non-hydrogen) atoms. The average Bonchev–Trinajstić information content (AvgIpc) is 2.80. The maximum atomic E-state index is 14.4. The molecule has 2 aromatic rings. The van der Waals surface area contributed by atoms with E-state index in [9.17, 15) is 14.4 Å². The Labute approximate surface area is 228 Å². The van der Waals surface area contributed by atoms with Gasteiger partial charge in [0, 0.05) is 18.0 Å². The van der Waals surface area contributed by atoms with Crippen molar-refractivity contribution in [1.29, 1.82) is 0 Å². The largest absolute Gasteiger partial charge is 0.444 e. The molecule has 0 aliphatic rings. The zero-order valence-electron chi connectivity index (χ0n) is 24.4. The fraction of sp³-hybridized carbons (Fsp3) is 0.516. The molecule has 0 aliphatic carbocycles. The minimum absolute atomic E-state index is 0.257. The van der Waals surface area contributed by atoms with Gasteiger partial charge in [-0.25, -0.2) is 4.79 Å². The molecular formula is C31H45N3O4. The first-order valence-corrected chi connectivity index (χ1v) is 13.4. The van der Waals surface area contributed by atoms with Gasteiger partial charge in [0.25, 0.3) is 0 Å². The van der Waals surface area contributed by atoms with Crippen LogP contribution in [0.5, 0.6) is 0 Å². The van der Waals surface area contributed by atoms with Gasteiger partial charge in [-0.05, 0) is 72.9 Å². The van der Waals surface area contributed by atoms with E-state index in [-0.39, 0.29) is 24.3 Å². The summed E-state index contributed by atoms with van der Waals surface area (Å²) in [6, 6.07) is 15.1. The van der Waals surface area contributed by atoms with E-state index in [1.807, 2.05) is 96.1 Å². The summed E-state index contributed by atoms with van der Waals surface area (Å²) in [6.45, 7) is 16.9. The lowest BCUT2D eigenvalue weighted by Gasteiger charge is -2.39. The van der Waals surface area contributed by atoms with Crippen molar-refractivity contribution in [3.8, 4) is 0 Å². The van der Waals surface area contributed by atoms with Crippen LogP contribution in [0.4, 0.5) is 4.79 Å². The number of nitrogens with one attached hydrogen (secondary N) is 2. The summed E-state index contributed by atoms with van der Waals surface area (Å²) in [6.07, 6.45) is 0.205. The van der Waals surface area contributed by atoms with Crippen LogP contribution in [-0.4, -0.2) is 46.0 Å². The summed E-state index contributed by atoms with van der Waals surface area (Å²) in [5.74, 6) is -0.616. The molecule has 2 N–H and O–H groups in total. The van der Waals surface area contributed by atoms with Gasteiger partial charge in [-0.3, -0.25) is 9.59 Å². The van der Waals surface area contributed by atoms with Crippen molar-refractivity contribution in [2.24, 2.45) is 0 Å². The molecule has 3 atom stereocenters. The van der Waals surface area contributed by atoms with Crippen molar-refractivity contribution >= 4 is 17.9 Å². The number of rotatable bonds is 9. The fourth-order valence-corrected chi connectivity index (χ4v) is 4.10. The van der Waals surface area contributed by atoms with Gasteiger partial charge in [-0.15, -0.1) is 0 Å². The van der Waals surface area contributed by atoms with Gasteiger partial charge in [0.15, 0.2) is 0 Å². The molecule has 3 unspecified atom stereocenters. The van der Waals surface area contributed by atoms with E-state index in [0.29, 0.717) is 12.0 Å². The summed E-state index contributed by atoms with van der Waals surface area (Å²) in [4.78, 5) is 42.6. The second-order valence-electron chi connectivity index (χ2n) is 11.9. The van der Waals surface area contributed by atoms with E-state index in [1.54, 1.807) is 25.7 Å². The summed E-state index contributed by atoms with van der Waals surface area (Å²) >= 11 is 0. The van der Waals surface area contributed by atoms with Gasteiger partial charge in [0.05, 0.1) is 0 Å². The van der Waals surface area contributed by atoms with Gasteiger partial charge in [0.2, 0.25) is 11.8 Å². The number of hydrogen-bond acceptors (Lipinski definition) is 4. The van der Waals surface area contributed by atoms with E-state index in [1.165, 1.54) is 0 Å². The SMILES string of the molecule is CCC(C)N(C(=O)C(Cc1ccccc1)NC(=O)OC(C)(C)C)C(C(=O)NC(C)(C)C)c1ccc(C)cc1. The third-order valence-electron chi connectivity index (χ3n) is 6.01. The number of ether oxygens (including phenoxy) is 1. The number of hydrogen-bond donors (Lipinski definition) is 2. The van der Waals surface area contributed by atoms with Crippen LogP contribution in [0, 0.1) is 6.92 Å². The molecule has 208 valence electrons. The lowest BCUT2D eigenvalue weighted by molar-refractivity contribution is -0.145. The molecule has 7 heteroatoms. The fourth-order valence-electron chi connectivity index (χ4n) is 4.10. The molecule has 3 amide bonds. The summed E-state index contributed by atoms with van der Waals surface area (Å²) in [5, 5.41) is 5.86. The minimum Gasteiger partial charge on any atom is -0.444 e. The Balaban J connectivity index is 2.59. The Morgan fingerprint density at radius 3 is 2.00 bits per heavy atom. The number of amides is 3. The third-order valence-corrected chi connectivity index (χ3v) is 6.01. The summed E-state index contributed by atoms with van der Waals surface area (Å²) < 4.78 is 5.49. The molecule has 0 aliphatic heterocycles. The predicted molar refractivity (Wildman–Crippen MR) is 152 cm³/mol. The van der Waals surface area contributed by atoms with Crippen LogP contribution in [0.3, 0.4) is 0 Å². The molecule has 2 aromatic carbocycles. The monoisotopic (exact) mass is 523 g/mol. The Hall–Kier alpha value is -3.35. The molecule has 0 fully saturated rings. The highest BCUT2D eigenvalue weighted by atomic mass is 16.6. The van der Waals surface area contributed by atoms with Crippen LogP contribution in [0.1, 0.15) is 84.5 Å². The topological polar surface area (TPSA) is 87.7 Å².